The molecule has 0 aliphatic carbocycles. The second kappa shape index (κ2) is 5.59. The molecule has 0 aromatic carbocycles. The molecule has 7 nitrogen and oxygen atoms in total. The van der Waals surface area contributed by atoms with Gasteiger partial charge >= 0.3 is 0 Å². The predicted octanol–water partition coefficient (Wildman–Crippen LogP) is 1.23. The number of hydrogen-bond acceptors (Lipinski definition) is 5. The molecule has 2 aromatic rings. The lowest BCUT2D eigenvalue weighted by atomic mass is 9.93. The molecule has 0 saturated carbocycles. The minimum Gasteiger partial charge on any atom is -0.337 e. The van der Waals surface area contributed by atoms with Crippen LogP contribution in [0.5, 0.6) is 0 Å². The number of nitrogens with one attached hydrogen (secondary N) is 1. The van der Waals surface area contributed by atoms with Crippen LogP contribution in [0, 0.1) is 13.8 Å². The first kappa shape index (κ1) is 13.7. The number of hydrogen-bond donors (Lipinski definition) is 1. The first-order valence-corrected chi connectivity index (χ1v) is 7.11. The number of amides is 1. The van der Waals surface area contributed by atoms with Gasteiger partial charge in [0, 0.05) is 30.9 Å². The molecule has 1 aliphatic rings. The van der Waals surface area contributed by atoms with E-state index in [0.717, 1.165) is 37.4 Å². The number of carbonyl (C=O) groups excluding carboxylic acids is 1. The zero-order valence-corrected chi connectivity index (χ0v) is 12.2. The van der Waals surface area contributed by atoms with E-state index in [2.05, 4.69) is 25.4 Å². The van der Waals surface area contributed by atoms with E-state index in [4.69, 9.17) is 0 Å². The summed E-state index contributed by atoms with van der Waals surface area (Å²) in [6.07, 6.45) is 3.63. The molecular weight excluding hydrogens is 268 g/mol. The maximum Gasteiger partial charge on any atom is 0.276 e. The highest BCUT2D eigenvalue weighted by molar-refractivity contribution is 5.93. The number of likely N-dealkylation sites (tertiary alicyclic amines) is 1. The quantitative estimate of drug-likeness (QED) is 0.897. The molecule has 1 N–H and O–H groups in total. The van der Waals surface area contributed by atoms with Gasteiger partial charge in [0.2, 0.25) is 0 Å². The Labute approximate surface area is 122 Å². The molecule has 0 radical (unpaired) electrons. The van der Waals surface area contributed by atoms with Crippen molar-refractivity contribution < 1.29 is 4.79 Å². The number of aromatic amines is 1. The highest BCUT2D eigenvalue weighted by Gasteiger charge is 2.27. The monoisotopic (exact) mass is 286 g/mol. The van der Waals surface area contributed by atoms with Crippen LogP contribution in [0.1, 0.15) is 46.5 Å². The third-order valence-corrected chi connectivity index (χ3v) is 3.92. The standard InChI is InChI=1S/C14H18N6O/c1-9-13(18-19-17-9)14(21)20-7-4-11(5-8-20)12-3-6-15-10(2)16-12/h3,6,11H,4-5,7-8H2,1-2H3,(H,17,18,19). The number of nitrogens with zero attached hydrogens (tertiary/aromatic N) is 5. The topological polar surface area (TPSA) is 87.7 Å². The summed E-state index contributed by atoms with van der Waals surface area (Å²) in [5.74, 6) is 1.15. The lowest BCUT2D eigenvalue weighted by Crippen LogP contribution is -2.38. The van der Waals surface area contributed by atoms with Gasteiger partial charge in [-0.25, -0.2) is 9.97 Å². The van der Waals surface area contributed by atoms with Crippen LogP contribution in [0.3, 0.4) is 0 Å². The summed E-state index contributed by atoms with van der Waals surface area (Å²) in [4.78, 5) is 22.8. The van der Waals surface area contributed by atoms with Gasteiger partial charge in [-0.1, -0.05) is 0 Å². The number of H-pyrrole nitrogens is 1. The van der Waals surface area contributed by atoms with Crippen LogP contribution in [0.25, 0.3) is 0 Å². The average Bonchev–Trinajstić information content (AvgIpc) is 2.93. The fraction of sp³-hybridized carbons (Fsp3) is 0.500. The van der Waals surface area contributed by atoms with Gasteiger partial charge in [-0.3, -0.25) is 4.79 Å². The van der Waals surface area contributed by atoms with Gasteiger partial charge in [-0.05, 0) is 32.8 Å². The average molecular weight is 286 g/mol. The van der Waals surface area contributed by atoms with Crippen molar-refractivity contribution in [3.8, 4) is 0 Å². The molecule has 7 heteroatoms. The van der Waals surface area contributed by atoms with Gasteiger partial charge < -0.3 is 4.90 Å². The largest absolute Gasteiger partial charge is 0.337 e. The Hall–Kier alpha value is -2.31. The zero-order chi connectivity index (χ0) is 14.8. The van der Waals surface area contributed by atoms with Crippen molar-refractivity contribution in [1.82, 2.24) is 30.3 Å². The van der Waals surface area contributed by atoms with Gasteiger partial charge in [0.15, 0.2) is 5.69 Å². The van der Waals surface area contributed by atoms with Crippen molar-refractivity contribution in [3.05, 3.63) is 35.2 Å². The smallest absolute Gasteiger partial charge is 0.276 e. The molecule has 21 heavy (non-hydrogen) atoms. The van der Waals surface area contributed by atoms with Crippen molar-refractivity contribution in [3.63, 3.8) is 0 Å². The van der Waals surface area contributed by atoms with Crippen molar-refractivity contribution in [1.29, 1.82) is 0 Å². The van der Waals surface area contributed by atoms with Crippen molar-refractivity contribution in [2.45, 2.75) is 32.6 Å². The van der Waals surface area contributed by atoms with Crippen molar-refractivity contribution in [2.24, 2.45) is 0 Å². The van der Waals surface area contributed by atoms with Crippen LogP contribution < -0.4 is 0 Å². The van der Waals surface area contributed by atoms with Crippen molar-refractivity contribution >= 4 is 5.91 Å². The van der Waals surface area contributed by atoms with Crippen LogP contribution in [-0.4, -0.2) is 49.3 Å². The molecule has 1 aliphatic heterocycles. The summed E-state index contributed by atoms with van der Waals surface area (Å²) in [5.41, 5.74) is 2.15. The fourth-order valence-corrected chi connectivity index (χ4v) is 2.72. The Balaban J connectivity index is 1.65. The van der Waals surface area contributed by atoms with Gasteiger partial charge in [-0.15, -0.1) is 0 Å². The maximum absolute atomic E-state index is 12.4. The first-order valence-electron chi connectivity index (χ1n) is 7.11. The summed E-state index contributed by atoms with van der Waals surface area (Å²) in [6.45, 7) is 5.13. The van der Waals surface area contributed by atoms with E-state index in [9.17, 15) is 4.79 Å². The molecule has 0 atom stereocenters. The maximum atomic E-state index is 12.4. The van der Waals surface area contributed by atoms with E-state index in [-0.39, 0.29) is 5.91 Å². The first-order chi connectivity index (χ1) is 10.1. The highest BCUT2D eigenvalue weighted by Crippen LogP contribution is 2.27. The Morgan fingerprint density at radius 2 is 2.05 bits per heavy atom. The number of carbonyl (C=O) groups is 1. The normalized spacial score (nSPS) is 16.2. The highest BCUT2D eigenvalue weighted by atomic mass is 16.2. The van der Waals surface area contributed by atoms with Gasteiger partial charge in [-0.2, -0.15) is 15.4 Å². The van der Waals surface area contributed by atoms with Crippen molar-refractivity contribution in [2.75, 3.05) is 13.1 Å². The third-order valence-electron chi connectivity index (χ3n) is 3.92. The van der Waals surface area contributed by atoms with Crippen LogP contribution >= 0.6 is 0 Å². The molecular formula is C14H18N6O. The van der Waals surface area contributed by atoms with Gasteiger partial charge in [0.25, 0.3) is 5.91 Å². The molecule has 1 amide bonds. The Morgan fingerprint density at radius 1 is 1.29 bits per heavy atom. The minimum absolute atomic E-state index is 0.0430. The van der Waals surface area contributed by atoms with Crippen LogP contribution in [-0.2, 0) is 0 Å². The SMILES string of the molecule is Cc1nccc(C2CCN(C(=O)c3n[nH]nc3C)CC2)n1. The number of aromatic nitrogens is 5. The number of rotatable bonds is 2. The van der Waals surface area contributed by atoms with E-state index < -0.39 is 0 Å². The minimum atomic E-state index is -0.0430. The van der Waals surface area contributed by atoms with E-state index >= 15 is 0 Å². The molecule has 0 bridgehead atoms. The summed E-state index contributed by atoms with van der Waals surface area (Å²) >= 11 is 0. The molecule has 1 fully saturated rings. The lowest BCUT2D eigenvalue weighted by Gasteiger charge is -2.31. The molecule has 1 saturated heterocycles. The molecule has 3 heterocycles. The summed E-state index contributed by atoms with van der Waals surface area (Å²) < 4.78 is 0. The van der Waals surface area contributed by atoms with E-state index in [1.54, 1.807) is 13.1 Å². The molecule has 0 unspecified atom stereocenters. The Kier molecular flexibility index (Phi) is 3.64. The van der Waals surface area contributed by atoms with E-state index in [0.29, 0.717) is 17.3 Å². The summed E-state index contributed by atoms with van der Waals surface area (Å²) in [5, 5.41) is 10.3. The van der Waals surface area contributed by atoms with Gasteiger partial charge in [0.05, 0.1) is 5.69 Å². The van der Waals surface area contributed by atoms with Crippen LogP contribution in [0.15, 0.2) is 12.3 Å². The fourth-order valence-electron chi connectivity index (χ4n) is 2.72. The summed E-state index contributed by atoms with van der Waals surface area (Å²) in [7, 11) is 0. The number of piperidine rings is 1. The Morgan fingerprint density at radius 3 is 2.67 bits per heavy atom. The second-order valence-electron chi connectivity index (χ2n) is 5.35. The van der Waals surface area contributed by atoms with Crippen LogP contribution in [0.4, 0.5) is 0 Å². The zero-order valence-electron chi connectivity index (χ0n) is 12.2. The van der Waals surface area contributed by atoms with E-state index in [1.165, 1.54) is 0 Å². The Bertz CT molecular complexity index is 644. The summed E-state index contributed by atoms with van der Waals surface area (Å²) in [6, 6.07) is 1.97. The van der Waals surface area contributed by atoms with E-state index in [1.807, 2.05) is 17.9 Å². The second-order valence-corrected chi connectivity index (χ2v) is 5.35. The van der Waals surface area contributed by atoms with Gasteiger partial charge in [0.1, 0.15) is 5.82 Å². The molecule has 110 valence electrons. The lowest BCUT2D eigenvalue weighted by molar-refractivity contribution is 0.0705. The third kappa shape index (κ3) is 2.76. The van der Waals surface area contributed by atoms with Crippen LogP contribution in [0.2, 0.25) is 0 Å². The predicted molar refractivity (Wildman–Crippen MR) is 75.8 cm³/mol. The molecule has 2 aromatic heterocycles. The molecule has 3 rings (SSSR count). The number of aryl methyl sites for hydroxylation is 2. The molecule has 0 spiro atoms.